The zero-order chi connectivity index (χ0) is 14.9. The predicted molar refractivity (Wildman–Crippen MR) is 88.2 cm³/mol. The third-order valence-corrected chi connectivity index (χ3v) is 3.88. The molecule has 0 saturated carbocycles. The van der Waals surface area contributed by atoms with E-state index in [1.807, 2.05) is 26.8 Å². The SMILES string of the molecule is CC(C)Oc1ccc2c(=O)cc(C(C)Br)oc2c1CBr. The average molecular weight is 404 g/mol. The van der Waals surface area contributed by atoms with Crippen molar-refractivity contribution in [1.82, 2.24) is 0 Å². The second-order valence-electron chi connectivity index (χ2n) is 4.85. The Balaban J connectivity index is 2.74. The van der Waals surface area contributed by atoms with Crippen molar-refractivity contribution in [3.05, 3.63) is 39.7 Å². The van der Waals surface area contributed by atoms with Gasteiger partial charge in [0.1, 0.15) is 17.1 Å². The van der Waals surface area contributed by atoms with Crippen molar-refractivity contribution in [2.45, 2.75) is 37.0 Å². The highest BCUT2D eigenvalue weighted by Crippen LogP contribution is 2.32. The van der Waals surface area contributed by atoms with E-state index in [1.165, 1.54) is 6.07 Å². The van der Waals surface area contributed by atoms with Gasteiger partial charge in [0.05, 0.1) is 16.3 Å². The van der Waals surface area contributed by atoms with Gasteiger partial charge in [0.2, 0.25) is 0 Å². The molecule has 20 heavy (non-hydrogen) atoms. The molecular weight excluding hydrogens is 388 g/mol. The van der Waals surface area contributed by atoms with E-state index in [9.17, 15) is 4.79 Å². The number of fused-ring (bicyclic) bond motifs is 1. The monoisotopic (exact) mass is 402 g/mol. The highest BCUT2D eigenvalue weighted by Gasteiger charge is 2.16. The molecule has 0 spiro atoms. The molecule has 2 aromatic rings. The van der Waals surface area contributed by atoms with Gasteiger partial charge in [-0.15, -0.1) is 0 Å². The van der Waals surface area contributed by atoms with Crippen LogP contribution in [0.3, 0.4) is 0 Å². The number of rotatable bonds is 4. The van der Waals surface area contributed by atoms with Crippen molar-refractivity contribution in [3.8, 4) is 5.75 Å². The summed E-state index contributed by atoms with van der Waals surface area (Å²) < 4.78 is 11.7. The minimum absolute atomic E-state index is 0.0163. The van der Waals surface area contributed by atoms with Gasteiger partial charge in [-0.05, 0) is 32.9 Å². The first-order valence-electron chi connectivity index (χ1n) is 6.40. The first kappa shape index (κ1) is 15.6. The van der Waals surface area contributed by atoms with Crippen LogP contribution in [-0.4, -0.2) is 6.10 Å². The lowest BCUT2D eigenvalue weighted by Gasteiger charge is -2.15. The molecule has 0 amide bonds. The summed E-state index contributed by atoms with van der Waals surface area (Å²) in [5.41, 5.74) is 1.42. The van der Waals surface area contributed by atoms with E-state index in [4.69, 9.17) is 9.15 Å². The van der Waals surface area contributed by atoms with Gasteiger partial charge in [0.15, 0.2) is 5.43 Å². The minimum atomic E-state index is -0.0363. The van der Waals surface area contributed by atoms with Crippen molar-refractivity contribution < 1.29 is 9.15 Å². The standard InChI is InChI=1S/C15H16Br2O3/c1-8(2)19-13-5-4-10-12(18)6-14(9(3)17)20-15(10)11(13)7-16/h4-6,8-9H,7H2,1-3H3. The number of halogens is 2. The van der Waals surface area contributed by atoms with Crippen LogP contribution in [0.4, 0.5) is 0 Å². The Kier molecular flexibility index (Phi) is 4.91. The molecule has 1 atom stereocenters. The molecule has 0 aliphatic rings. The maximum atomic E-state index is 12.2. The summed E-state index contributed by atoms with van der Waals surface area (Å²) in [4.78, 5) is 12.2. The Morgan fingerprint density at radius 3 is 2.55 bits per heavy atom. The van der Waals surface area contributed by atoms with Crippen LogP contribution in [0.15, 0.2) is 27.4 Å². The molecule has 2 rings (SSSR count). The van der Waals surface area contributed by atoms with Crippen LogP contribution in [0.2, 0.25) is 0 Å². The Hall–Kier alpha value is -0.810. The molecule has 1 heterocycles. The molecule has 0 fully saturated rings. The van der Waals surface area contributed by atoms with E-state index in [-0.39, 0.29) is 16.4 Å². The zero-order valence-electron chi connectivity index (χ0n) is 11.6. The average Bonchev–Trinajstić information content (AvgIpc) is 2.37. The van der Waals surface area contributed by atoms with E-state index in [0.29, 0.717) is 22.1 Å². The van der Waals surface area contributed by atoms with Crippen molar-refractivity contribution >= 4 is 42.8 Å². The smallest absolute Gasteiger partial charge is 0.193 e. The second kappa shape index (κ2) is 6.31. The normalized spacial score (nSPS) is 12.9. The summed E-state index contributed by atoms with van der Waals surface area (Å²) in [6, 6.07) is 5.11. The van der Waals surface area contributed by atoms with Crippen molar-refractivity contribution in [3.63, 3.8) is 0 Å². The van der Waals surface area contributed by atoms with Crippen LogP contribution >= 0.6 is 31.9 Å². The fourth-order valence-electron chi connectivity index (χ4n) is 1.96. The second-order valence-corrected chi connectivity index (χ2v) is 6.78. The third-order valence-electron chi connectivity index (χ3n) is 2.86. The largest absolute Gasteiger partial charge is 0.491 e. The maximum absolute atomic E-state index is 12.2. The fourth-order valence-corrected chi connectivity index (χ4v) is 2.72. The van der Waals surface area contributed by atoms with E-state index in [0.717, 1.165) is 11.3 Å². The molecule has 0 N–H and O–H groups in total. The van der Waals surface area contributed by atoms with Crippen LogP contribution in [0.25, 0.3) is 11.0 Å². The van der Waals surface area contributed by atoms with Gasteiger partial charge < -0.3 is 9.15 Å². The lowest BCUT2D eigenvalue weighted by molar-refractivity contribution is 0.240. The van der Waals surface area contributed by atoms with E-state index >= 15 is 0 Å². The summed E-state index contributed by atoms with van der Waals surface area (Å²) >= 11 is 6.88. The molecule has 1 unspecified atom stereocenters. The van der Waals surface area contributed by atoms with Gasteiger partial charge in [0, 0.05) is 17.0 Å². The predicted octanol–water partition coefficient (Wildman–Crippen LogP) is 4.93. The summed E-state index contributed by atoms with van der Waals surface area (Å²) in [6.07, 6.45) is 0.0650. The lowest BCUT2D eigenvalue weighted by Crippen LogP contribution is -2.09. The Morgan fingerprint density at radius 2 is 2.00 bits per heavy atom. The number of benzene rings is 1. The molecule has 1 aromatic heterocycles. The van der Waals surface area contributed by atoms with Crippen LogP contribution in [0.5, 0.6) is 5.75 Å². The topological polar surface area (TPSA) is 39.4 Å². The molecule has 1 aromatic carbocycles. The van der Waals surface area contributed by atoms with Crippen molar-refractivity contribution in [2.75, 3.05) is 0 Å². The summed E-state index contributed by atoms with van der Waals surface area (Å²) in [7, 11) is 0. The molecule has 3 nitrogen and oxygen atoms in total. The quantitative estimate of drug-likeness (QED) is 0.679. The van der Waals surface area contributed by atoms with Crippen LogP contribution in [-0.2, 0) is 5.33 Å². The van der Waals surface area contributed by atoms with Crippen LogP contribution in [0.1, 0.15) is 36.9 Å². The van der Waals surface area contributed by atoms with Gasteiger partial charge in [-0.2, -0.15) is 0 Å². The van der Waals surface area contributed by atoms with Crippen molar-refractivity contribution in [1.29, 1.82) is 0 Å². The lowest BCUT2D eigenvalue weighted by atomic mass is 10.1. The maximum Gasteiger partial charge on any atom is 0.193 e. The van der Waals surface area contributed by atoms with Gasteiger partial charge in [-0.3, -0.25) is 4.79 Å². The van der Waals surface area contributed by atoms with Crippen LogP contribution in [0, 0.1) is 0 Å². The molecule has 0 saturated heterocycles. The molecule has 0 bridgehead atoms. The first-order valence-corrected chi connectivity index (χ1v) is 8.44. The summed E-state index contributed by atoms with van der Waals surface area (Å²) in [5.74, 6) is 1.36. The number of ether oxygens (including phenoxy) is 1. The van der Waals surface area contributed by atoms with Gasteiger partial charge in [-0.25, -0.2) is 0 Å². The summed E-state index contributed by atoms with van der Waals surface area (Å²) in [6.45, 7) is 5.86. The Morgan fingerprint density at radius 1 is 1.30 bits per heavy atom. The van der Waals surface area contributed by atoms with Crippen molar-refractivity contribution in [2.24, 2.45) is 0 Å². The number of hydrogen-bond acceptors (Lipinski definition) is 3. The third kappa shape index (κ3) is 3.09. The van der Waals surface area contributed by atoms with Crippen LogP contribution < -0.4 is 10.2 Å². The molecule has 0 aliphatic heterocycles. The molecule has 0 radical (unpaired) electrons. The van der Waals surface area contributed by atoms with E-state index < -0.39 is 0 Å². The zero-order valence-corrected chi connectivity index (χ0v) is 14.7. The Bertz CT molecular complexity index is 675. The highest BCUT2D eigenvalue weighted by molar-refractivity contribution is 9.09. The Labute approximate surface area is 134 Å². The minimum Gasteiger partial charge on any atom is -0.491 e. The molecule has 108 valence electrons. The molecule has 5 heteroatoms. The summed E-state index contributed by atoms with van der Waals surface area (Å²) in [5, 5.41) is 1.14. The number of alkyl halides is 2. The van der Waals surface area contributed by atoms with Gasteiger partial charge in [0.25, 0.3) is 0 Å². The number of hydrogen-bond donors (Lipinski definition) is 0. The fraction of sp³-hybridized carbons (Fsp3) is 0.400. The van der Waals surface area contributed by atoms with Gasteiger partial charge in [-0.1, -0.05) is 31.9 Å². The molecule has 0 aliphatic carbocycles. The van der Waals surface area contributed by atoms with E-state index in [1.54, 1.807) is 6.07 Å². The highest BCUT2D eigenvalue weighted by atomic mass is 79.9. The van der Waals surface area contributed by atoms with E-state index in [2.05, 4.69) is 31.9 Å². The first-order chi connectivity index (χ1) is 9.43. The van der Waals surface area contributed by atoms with Gasteiger partial charge >= 0.3 is 0 Å². The molecular formula is C15H16Br2O3.